The van der Waals surface area contributed by atoms with Crippen LogP contribution in [0, 0.1) is 0 Å². The van der Waals surface area contributed by atoms with Gasteiger partial charge in [0.05, 0.1) is 51.4 Å². The van der Waals surface area contributed by atoms with Crippen LogP contribution in [0.1, 0.15) is 0 Å². The topological polar surface area (TPSA) is 15.3 Å². The first-order valence-electron chi connectivity index (χ1n) is 2.72. The highest BCUT2D eigenvalue weighted by Crippen LogP contribution is 2.12. The number of nitrogens with one attached hydrogen (secondary N) is 1. The Hall–Kier alpha value is 0.440. The third-order valence-electron chi connectivity index (χ3n) is 0.987. The Bertz CT molecular complexity index is 188. The van der Waals surface area contributed by atoms with Crippen molar-refractivity contribution in [3.63, 3.8) is 0 Å². The maximum absolute atomic E-state index is 3.11. The van der Waals surface area contributed by atoms with Crippen LogP contribution in [-0.4, -0.2) is 1.44 Å². The van der Waals surface area contributed by atoms with Gasteiger partial charge in [-0.25, -0.2) is 0 Å². The van der Waals surface area contributed by atoms with Crippen molar-refractivity contribution in [3.8, 4) is 0 Å². The normalized spacial score (nSPS) is 9.90. The van der Waals surface area contributed by atoms with Crippen LogP contribution in [0.25, 0.3) is 0 Å². The first-order chi connectivity index (χ1) is 4.79. The Labute approximate surface area is 87.9 Å². The minimum Gasteiger partial charge on any atom is -0.301 e. The fraction of sp³-hybridized carbons (Fsp3) is 0. The zero-order valence-corrected chi connectivity index (χ0v) is 9.40. The third kappa shape index (κ3) is 3.02. The van der Waals surface area contributed by atoms with Crippen LogP contribution in [0.2, 0.25) is 0 Å². The smallest absolute Gasteiger partial charge is 0.0553 e. The molecule has 0 saturated carbocycles. The van der Waals surface area contributed by atoms with Gasteiger partial charge in [-0.1, -0.05) is 18.2 Å². The zero-order valence-electron chi connectivity index (χ0n) is 5.09. The zero-order chi connectivity index (χ0) is 7.40. The molecule has 0 aromatic heterocycles. The SMILES string of the molecule is IN(I)Nc1ccccc1. The van der Waals surface area contributed by atoms with Gasteiger partial charge in [0.2, 0.25) is 0 Å². The Morgan fingerprint density at radius 2 is 1.70 bits per heavy atom. The fourth-order valence-electron chi connectivity index (χ4n) is 0.610. The second-order valence-electron chi connectivity index (χ2n) is 1.71. The van der Waals surface area contributed by atoms with Crippen molar-refractivity contribution in [2.45, 2.75) is 0 Å². The van der Waals surface area contributed by atoms with Gasteiger partial charge >= 0.3 is 0 Å². The Morgan fingerprint density at radius 1 is 1.10 bits per heavy atom. The van der Waals surface area contributed by atoms with Gasteiger partial charge in [0.25, 0.3) is 0 Å². The van der Waals surface area contributed by atoms with E-state index in [9.17, 15) is 0 Å². The van der Waals surface area contributed by atoms with Crippen LogP contribution < -0.4 is 5.43 Å². The van der Waals surface area contributed by atoms with E-state index in [2.05, 4.69) is 51.2 Å². The maximum Gasteiger partial charge on any atom is 0.0553 e. The molecule has 4 heteroatoms. The average Bonchev–Trinajstić information content (AvgIpc) is 1.88. The molecule has 0 aliphatic carbocycles. The molecule has 0 heterocycles. The molecule has 1 aromatic rings. The summed E-state index contributed by atoms with van der Waals surface area (Å²) in [6.45, 7) is 0. The van der Waals surface area contributed by atoms with Crippen molar-refractivity contribution in [2.24, 2.45) is 0 Å². The number of halogens is 2. The summed E-state index contributed by atoms with van der Waals surface area (Å²) in [4.78, 5) is 0. The van der Waals surface area contributed by atoms with E-state index in [1.54, 1.807) is 0 Å². The lowest BCUT2D eigenvalue weighted by Gasteiger charge is -2.07. The number of hydrazine groups is 1. The average molecular weight is 360 g/mol. The predicted molar refractivity (Wildman–Crippen MR) is 59.9 cm³/mol. The largest absolute Gasteiger partial charge is 0.301 e. The van der Waals surface area contributed by atoms with Gasteiger partial charge in [-0.3, -0.25) is 0 Å². The molecule has 1 rings (SSSR count). The van der Waals surface area contributed by atoms with E-state index in [0.717, 1.165) is 5.69 Å². The highest BCUT2D eigenvalue weighted by Gasteiger charge is 1.90. The molecule has 0 bridgehead atoms. The van der Waals surface area contributed by atoms with Crippen molar-refractivity contribution in [2.75, 3.05) is 5.43 Å². The summed E-state index contributed by atoms with van der Waals surface area (Å²) >= 11 is 4.31. The molecule has 0 saturated heterocycles. The highest BCUT2D eigenvalue weighted by atomic mass is 127. The molecule has 0 radical (unpaired) electrons. The molecular formula is C6H6I2N2. The Balaban J connectivity index is 2.59. The summed E-state index contributed by atoms with van der Waals surface area (Å²) in [7, 11) is 0. The fourth-order valence-corrected chi connectivity index (χ4v) is 1.17. The summed E-state index contributed by atoms with van der Waals surface area (Å²) in [5, 5.41) is 0. The van der Waals surface area contributed by atoms with Gasteiger partial charge in [0, 0.05) is 0 Å². The molecule has 54 valence electrons. The van der Waals surface area contributed by atoms with E-state index in [-0.39, 0.29) is 0 Å². The summed E-state index contributed by atoms with van der Waals surface area (Å²) in [5.41, 5.74) is 4.21. The standard InChI is InChI=1S/C6H6I2N2/c7-10(8)9-6-4-2-1-3-5-6/h1-5,9H. The molecule has 0 spiro atoms. The molecule has 0 aliphatic heterocycles. The molecule has 0 fully saturated rings. The lowest BCUT2D eigenvalue weighted by molar-refractivity contribution is 1.04. The number of hydrogen-bond donors (Lipinski definition) is 1. The van der Waals surface area contributed by atoms with Gasteiger partial charge < -0.3 is 5.43 Å². The summed E-state index contributed by atoms with van der Waals surface area (Å²) < 4.78 is 1.85. The van der Waals surface area contributed by atoms with Crippen molar-refractivity contribution in [1.29, 1.82) is 0 Å². The van der Waals surface area contributed by atoms with E-state index in [4.69, 9.17) is 0 Å². The second kappa shape index (κ2) is 4.35. The van der Waals surface area contributed by atoms with Crippen LogP contribution in [0.4, 0.5) is 5.69 Å². The van der Waals surface area contributed by atoms with Crippen molar-refractivity contribution in [3.05, 3.63) is 30.3 Å². The Morgan fingerprint density at radius 3 is 2.20 bits per heavy atom. The van der Waals surface area contributed by atoms with Gasteiger partial charge in [-0.2, -0.15) is 0 Å². The van der Waals surface area contributed by atoms with Crippen LogP contribution in [0.5, 0.6) is 0 Å². The number of nitrogens with zero attached hydrogens (tertiary/aromatic N) is 1. The van der Waals surface area contributed by atoms with Crippen LogP contribution in [-0.2, 0) is 0 Å². The number of hydrogen-bond acceptors (Lipinski definition) is 2. The van der Waals surface area contributed by atoms with Crippen molar-refractivity contribution in [1.82, 2.24) is 1.44 Å². The summed E-state index contributed by atoms with van der Waals surface area (Å²) in [6.07, 6.45) is 0. The van der Waals surface area contributed by atoms with Gasteiger partial charge in [-0.05, 0) is 12.1 Å². The number of benzene rings is 1. The van der Waals surface area contributed by atoms with E-state index >= 15 is 0 Å². The first kappa shape index (κ1) is 8.54. The molecule has 0 unspecified atom stereocenters. The molecule has 0 atom stereocenters. The minimum atomic E-state index is 1.10. The van der Waals surface area contributed by atoms with Crippen LogP contribution >= 0.6 is 45.7 Å². The molecule has 10 heavy (non-hydrogen) atoms. The van der Waals surface area contributed by atoms with Crippen LogP contribution in [0.3, 0.4) is 0 Å². The summed E-state index contributed by atoms with van der Waals surface area (Å²) in [6, 6.07) is 10.0. The monoisotopic (exact) mass is 360 g/mol. The van der Waals surface area contributed by atoms with E-state index in [1.807, 2.05) is 31.8 Å². The van der Waals surface area contributed by atoms with E-state index < -0.39 is 0 Å². The molecular weight excluding hydrogens is 354 g/mol. The minimum absolute atomic E-state index is 1.10. The predicted octanol–water partition coefficient (Wildman–Crippen LogP) is 3.02. The van der Waals surface area contributed by atoms with Gasteiger partial charge in [0.15, 0.2) is 0 Å². The Kier molecular flexibility index (Phi) is 3.71. The van der Waals surface area contributed by atoms with Gasteiger partial charge in [-0.15, -0.1) is 1.44 Å². The van der Waals surface area contributed by atoms with Crippen molar-refractivity contribution < 1.29 is 0 Å². The molecule has 1 N–H and O–H groups in total. The number of anilines is 1. The molecule has 0 aliphatic rings. The second-order valence-corrected chi connectivity index (χ2v) is 5.49. The molecule has 0 amide bonds. The quantitative estimate of drug-likeness (QED) is 0.496. The number of para-hydroxylation sites is 1. The van der Waals surface area contributed by atoms with E-state index in [1.165, 1.54) is 0 Å². The van der Waals surface area contributed by atoms with Crippen LogP contribution in [0.15, 0.2) is 30.3 Å². The number of rotatable bonds is 2. The van der Waals surface area contributed by atoms with Gasteiger partial charge in [0.1, 0.15) is 0 Å². The van der Waals surface area contributed by atoms with E-state index in [0.29, 0.717) is 0 Å². The first-order valence-corrected chi connectivity index (χ1v) is 4.65. The lowest BCUT2D eigenvalue weighted by atomic mass is 10.3. The van der Waals surface area contributed by atoms with Crippen molar-refractivity contribution >= 4 is 51.4 Å². The lowest BCUT2D eigenvalue weighted by Crippen LogP contribution is -2.04. The summed E-state index contributed by atoms with van der Waals surface area (Å²) in [5.74, 6) is 0. The highest BCUT2D eigenvalue weighted by molar-refractivity contribution is 14.2. The molecule has 1 aromatic carbocycles. The maximum atomic E-state index is 3.11. The third-order valence-corrected chi connectivity index (χ3v) is 1.47. The molecule has 2 nitrogen and oxygen atoms in total.